The molecule has 0 saturated carbocycles. The van der Waals surface area contributed by atoms with Crippen molar-refractivity contribution in [3.05, 3.63) is 25.3 Å². The summed E-state index contributed by atoms with van der Waals surface area (Å²) in [4.78, 5) is 11.1. The van der Waals surface area contributed by atoms with E-state index in [9.17, 15) is 4.79 Å². The van der Waals surface area contributed by atoms with Gasteiger partial charge in [0.1, 0.15) is 0 Å². The van der Waals surface area contributed by atoms with Crippen LogP contribution in [0.5, 0.6) is 0 Å². The molecule has 0 amide bonds. The highest BCUT2D eigenvalue weighted by atomic mass is 16.5. The molecule has 0 fully saturated rings. The number of ether oxygens (including phenoxy) is 1. The second-order valence-corrected chi connectivity index (χ2v) is 3.19. The average molecular weight is 196 g/mol. The molecule has 0 saturated heterocycles. The van der Waals surface area contributed by atoms with Crippen molar-refractivity contribution in [3.63, 3.8) is 0 Å². The van der Waals surface area contributed by atoms with Gasteiger partial charge < -0.3 is 4.74 Å². The molecular weight excluding hydrogens is 176 g/mol. The number of hydrogen-bond donors (Lipinski definition) is 0. The Morgan fingerprint density at radius 2 is 1.71 bits per heavy atom. The molecule has 0 aromatic carbocycles. The molecule has 0 aliphatic rings. The third-order valence-corrected chi connectivity index (χ3v) is 1.85. The molecule has 0 bridgehead atoms. The van der Waals surface area contributed by atoms with Crippen molar-refractivity contribution in [2.45, 2.75) is 38.5 Å². The van der Waals surface area contributed by atoms with E-state index in [2.05, 4.69) is 13.2 Å². The van der Waals surface area contributed by atoms with Crippen LogP contribution in [-0.2, 0) is 9.53 Å². The normalized spacial score (nSPS) is 9.43. The first kappa shape index (κ1) is 12.9. The molecule has 2 nitrogen and oxygen atoms in total. The highest BCUT2D eigenvalue weighted by Crippen LogP contribution is 2.00. The molecule has 0 N–H and O–H groups in total. The van der Waals surface area contributed by atoms with E-state index in [-0.39, 0.29) is 5.97 Å². The van der Waals surface area contributed by atoms with Crippen molar-refractivity contribution in [3.8, 4) is 0 Å². The second-order valence-electron chi connectivity index (χ2n) is 3.19. The van der Waals surface area contributed by atoms with E-state index >= 15 is 0 Å². The van der Waals surface area contributed by atoms with E-state index in [1.165, 1.54) is 0 Å². The van der Waals surface area contributed by atoms with Crippen molar-refractivity contribution < 1.29 is 9.53 Å². The van der Waals surface area contributed by atoms with Gasteiger partial charge >= 0.3 is 5.97 Å². The molecule has 0 rings (SSSR count). The van der Waals surface area contributed by atoms with Gasteiger partial charge in [0.25, 0.3) is 0 Å². The van der Waals surface area contributed by atoms with Crippen LogP contribution in [0.15, 0.2) is 25.3 Å². The van der Waals surface area contributed by atoms with Crippen LogP contribution >= 0.6 is 0 Å². The van der Waals surface area contributed by atoms with Gasteiger partial charge in [0.2, 0.25) is 0 Å². The lowest BCUT2D eigenvalue weighted by Crippen LogP contribution is -2.05. The van der Waals surface area contributed by atoms with Crippen molar-refractivity contribution in [2.24, 2.45) is 0 Å². The van der Waals surface area contributed by atoms with Crippen LogP contribution in [0.25, 0.3) is 0 Å². The molecule has 0 spiro atoms. The van der Waals surface area contributed by atoms with Crippen LogP contribution in [0, 0.1) is 0 Å². The summed E-state index contributed by atoms with van der Waals surface area (Å²) in [6, 6.07) is 0. The zero-order valence-electron chi connectivity index (χ0n) is 8.84. The Morgan fingerprint density at radius 3 is 2.36 bits per heavy atom. The fourth-order valence-corrected chi connectivity index (χ4v) is 1.04. The third kappa shape index (κ3) is 9.04. The Hall–Kier alpha value is -1.05. The van der Waals surface area contributed by atoms with Crippen LogP contribution in [0.2, 0.25) is 0 Å². The van der Waals surface area contributed by atoms with Crippen LogP contribution < -0.4 is 0 Å². The molecular formula is C12H20O2. The molecule has 80 valence electrons. The van der Waals surface area contributed by atoms with E-state index in [4.69, 9.17) is 4.74 Å². The van der Waals surface area contributed by atoms with E-state index in [0.717, 1.165) is 32.1 Å². The van der Waals surface area contributed by atoms with E-state index in [1.54, 1.807) is 0 Å². The first-order valence-electron chi connectivity index (χ1n) is 5.18. The fraction of sp³-hybridized carbons (Fsp3) is 0.583. The number of esters is 1. The second kappa shape index (κ2) is 10.0. The summed E-state index contributed by atoms with van der Waals surface area (Å²) in [5.74, 6) is -0.0922. The van der Waals surface area contributed by atoms with Gasteiger partial charge in [0.15, 0.2) is 0 Å². The molecule has 2 heteroatoms. The Balaban J connectivity index is 3.17. The topological polar surface area (TPSA) is 26.3 Å². The SMILES string of the molecule is C=CCCCCOC(=O)CCCC=C. The monoisotopic (exact) mass is 196 g/mol. The molecule has 0 radical (unpaired) electrons. The van der Waals surface area contributed by atoms with Crippen molar-refractivity contribution in [1.82, 2.24) is 0 Å². The minimum Gasteiger partial charge on any atom is -0.466 e. The molecule has 14 heavy (non-hydrogen) atoms. The van der Waals surface area contributed by atoms with E-state index in [1.807, 2.05) is 12.2 Å². The van der Waals surface area contributed by atoms with Crippen LogP contribution in [0.3, 0.4) is 0 Å². The molecule has 0 atom stereocenters. The van der Waals surface area contributed by atoms with Crippen molar-refractivity contribution >= 4 is 5.97 Å². The fourth-order valence-electron chi connectivity index (χ4n) is 1.04. The summed E-state index contributed by atoms with van der Waals surface area (Å²) >= 11 is 0. The Kier molecular flexibility index (Phi) is 9.28. The molecule has 0 aliphatic carbocycles. The van der Waals surface area contributed by atoms with Gasteiger partial charge in [-0.25, -0.2) is 0 Å². The van der Waals surface area contributed by atoms with Gasteiger partial charge in [-0.2, -0.15) is 0 Å². The average Bonchev–Trinajstić information content (AvgIpc) is 2.18. The number of unbranched alkanes of at least 4 members (excludes halogenated alkanes) is 3. The summed E-state index contributed by atoms with van der Waals surface area (Å²) < 4.78 is 5.03. The standard InChI is InChI=1S/C12H20O2/c1-3-5-7-9-11-14-12(13)10-8-6-4-2/h3-4H,1-2,5-11H2. The van der Waals surface area contributed by atoms with Crippen molar-refractivity contribution in [2.75, 3.05) is 6.61 Å². The smallest absolute Gasteiger partial charge is 0.305 e. The summed E-state index contributed by atoms with van der Waals surface area (Å²) in [6.45, 7) is 7.76. The Labute approximate surface area is 86.6 Å². The van der Waals surface area contributed by atoms with Gasteiger partial charge in [-0.05, 0) is 32.1 Å². The molecule has 0 heterocycles. The highest BCUT2D eigenvalue weighted by molar-refractivity contribution is 5.69. The van der Waals surface area contributed by atoms with Crippen LogP contribution in [-0.4, -0.2) is 12.6 Å². The minimum absolute atomic E-state index is 0.0922. The quantitative estimate of drug-likeness (QED) is 0.321. The first-order chi connectivity index (χ1) is 6.81. The van der Waals surface area contributed by atoms with E-state index < -0.39 is 0 Å². The number of rotatable bonds is 9. The van der Waals surface area contributed by atoms with Gasteiger partial charge in [-0.1, -0.05) is 12.2 Å². The van der Waals surface area contributed by atoms with Crippen LogP contribution in [0.1, 0.15) is 38.5 Å². The zero-order valence-corrected chi connectivity index (χ0v) is 8.84. The highest BCUT2D eigenvalue weighted by Gasteiger charge is 2.00. The largest absolute Gasteiger partial charge is 0.466 e. The summed E-state index contributed by atoms with van der Waals surface area (Å²) in [7, 11) is 0. The maximum absolute atomic E-state index is 11.1. The first-order valence-corrected chi connectivity index (χ1v) is 5.18. The molecule has 0 aliphatic heterocycles. The third-order valence-electron chi connectivity index (χ3n) is 1.85. The molecule has 0 aromatic rings. The van der Waals surface area contributed by atoms with Gasteiger partial charge in [0.05, 0.1) is 6.61 Å². The number of carbonyl (C=O) groups is 1. The predicted molar refractivity (Wildman–Crippen MR) is 59.1 cm³/mol. The Morgan fingerprint density at radius 1 is 1.07 bits per heavy atom. The van der Waals surface area contributed by atoms with E-state index in [0.29, 0.717) is 13.0 Å². The minimum atomic E-state index is -0.0922. The summed E-state index contributed by atoms with van der Waals surface area (Å²) in [5.41, 5.74) is 0. The van der Waals surface area contributed by atoms with Gasteiger partial charge in [0, 0.05) is 6.42 Å². The molecule has 0 aromatic heterocycles. The van der Waals surface area contributed by atoms with Gasteiger partial charge in [-0.3, -0.25) is 4.79 Å². The van der Waals surface area contributed by atoms with Crippen molar-refractivity contribution in [1.29, 1.82) is 0 Å². The number of allylic oxidation sites excluding steroid dienone is 2. The molecule has 0 unspecified atom stereocenters. The lowest BCUT2D eigenvalue weighted by molar-refractivity contribution is -0.143. The lowest BCUT2D eigenvalue weighted by Gasteiger charge is -2.02. The maximum Gasteiger partial charge on any atom is 0.305 e. The number of carbonyl (C=O) groups excluding carboxylic acids is 1. The zero-order chi connectivity index (χ0) is 10.6. The van der Waals surface area contributed by atoms with Gasteiger partial charge in [-0.15, -0.1) is 13.2 Å². The predicted octanol–water partition coefficient (Wildman–Crippen LogP) is 3.24. The Bertz CT molecular complexity index is 173. The summed E-state index contributed by atoms with van der Waals surface area (Å²) in [6.07, 6.45) is 8.90. The summed E-state index contributed by atoms with van der Waals surface area (Å²) in [5, 5.41) is 0. The lowest BCUT2D eigenvalue weighted by atomic mass is 10.2. The maximum atomic E-state index is 11.1. The van der Waals surface area contributed by atoms with Crippen LogP contribution in [0.4, 0.5) is 0 Å². The number of hydrogen-bond acceptors (Lipinski definition) is 2.